The Morgan fingerprint density at radius 3 is 2.80 bits per heavy atom. The predicted molar refractivity (Wildman–Crippen MR) is 52.5 cm³/mol. The molecule has 0 fully saturated rings. The van der Waals surface area contributed by atoms with Gasteiger partial charge in [0, 0.05) is 11.6 Å². The number of carbonyl (C=O) groups excluding carboxylic acids is 1. The first kappa shape index (κ1) is 11.4. The molecule has 1 N–H and O–H groups in total. The van der Waals surface area contributed by atoms with Crippen LogP contribution in [-0.4, -0.2) is 18.2 Å². The van der Waals surface area contributed by atoms with Crippen LogP contribution in [0.3, 0.4) is 0 Å². The van der Waals surface area contributed by atoms with Gasteiger partial charge in [-0.25, -0.2) is 9.18 Å². The van der Waals surface area contributed by atoms with Crippen LogP contribution in [0.2, 0.25) is 0 Å². The molecule has 1 aromatic rings. The molecule has 0 saturated carbocycles. The third kappa shape index (κ3) is 3.18. The number of ether oxygens (including phenoxy) is 1. The van der Waals surface area contributed by atoms with Gasteiger partial charge in [-0.3, -0.25) is 0 Å². The maximum atomic E-state index is 13.1. The molecular formula is C11H11FO3. The Labute approximate surface area is 86.8 Å². The highest BCUT2D eigenvalue weighted by Crippen LogP contribution is 2.17. The Balaban J connectivity index is 2.77. The summed E-state index contributed by atoms with van der Waals surface area (Å²) in [6.07, 6.45) is 1.08. The molecule has 0 unspecified atom stereocenters. The number of esters is 1. The second-order valence-electron chi connectivity index (χ2n) is 2.85. The number of benzene rings is 1. The minimum absolute atomic E-state index is 0.123. The average Bonchev–Trinajstić information content (AvgIpc) is 2.26. The van der Waals surface area contributed by atoms with Crippen LogP contribution in [-0.2, 0) is 9.53 Å². The molecular weight excluding hydrogens is 199 g/mol. The van der Waals surface area contributed by atoms with Crippen molar-refractivity contribution in [3.8, 4) is 0 Å². The van der Waals surface area contributed by atoms with Gasteiger partial charge in [0.05, 0.1) is 7.11 Å². The summed E-state index contributed by atoms with van der Waals surface area (Å²) >= 11 is 0. The van der Waals surface area contributed by atoms with E-state index in [1.54, 1.807) is 6.07 Å². The monoisotopic (exact) mass is 210 g/mol. The van der Waals surface area contributed by atoms with E-state index in [1.807, 2.05) is 0 Å². The van der Waals surface area contributed by atoms with Gasteiger partial charge in [-0.2, -0.15) is 0 Å². The molecule has 1 atom stereocenters. The van der Waals surface area contributed by atoms with Crippen LogP contribution in [0.5, 0.6) is 0 Å². The Bertz CT molecular complexity index is 374. The van der Waals surface area contributed by atoms with Gasteiger partial charge in [-0.05, 0) is 12.1 Å². The van der Waals surface area contributed by atoms with Crippen molar-refractivity contribution < 1.29 is 19.0 Å². The fourth-order valence-electron chi connectivity index (χ4n) is 1.06. The highest BCUT2D eigenvalue weighted by atomic mass is 19.1. The summed E-state index contributed by atoms with van der Waals surface area (Å²) in [6, 6.07) is 5.81. The Hall–Kier alpha value is -1.68. The van der Waals surface area contributed by atoms with Gasteiger partial charge in [0.1, 0.15) is 11.9 Å². The maximum Gasteiger partial charge on any atom is 0.330 e. The second-order valence-corrected chi connectivity index (χ2v) is 2.85. The summed E-state index contributed by atoms with van der Waals surface area (Å²) in [7, 11) is 1.22. The quantitative estimate of drug-likeness (QED) is 0.608. The van der Waals surface area contributed by atoms with E-state index in [4.69, 9.17) is 0 Å². The van der Waals surface area contributed by atoms with Crippen molar-refractivity contribution in [2.45, 2.75) is 6.10 Å². The molecule has 0 spiro atoms. The lowest BCUT2D eigenvalue weighted by molar-refractivity contribution is -0.134. The van der Waals surface area contributed by atoms with E-state index in [0.717, 1.165) is 6.08 Å². The van der Waals surface area contributed by atoms with Gasteiger partial charge in [-0.15, -0.1) is 0 Å². The third-order valence-corrected chi connectivity index (χ3v) is 1.84. The topological polar surface area (TPSA) is 46.5 Å². The van der Waals surface area contributed by atoms with Crippen LogP contribution >= 0.6 is 0 Å². The lowest BCUT2D eigenvalue weighted by Gasteiger charge is -2.06. The van der Waals surface area contributed by atoms with Crippen molar-refractivity contribution >= 4 is 5.97 Å². The van der Waals surface area contributed by atoms with Gasteiger partial charge in [0.25, 0.3) is 0 Å². The average molecular weight is 210 g/mol. The van der Waals surface area contributed by atoms with Crippen LogP contribution in [0.4, 0.5) is 4.39 Å². The lowest BCUT2D eigenvalue weighted by atomic mass is 10.1. The normalized spacial score (nSPS) is 12.7. The van der Waals surface area contributed by atoms with Gasteiger partial charge in [0.2, 0.25) is 0 Å². The zero-order valence-electron chi connectivity index (χ0n) is 8.18. The number of methoxy groups -OCH3 is 1. The first-order chi connectivity index (χ1) is 7.15. The Morgan fingerprint density at radius 2 is 2.20 bits per heavy atom. The van der Waals surface area contributed by atoms with Crippen LogP contribution in [0.1, 0.15) is 11.7 Å². The van der Waals surface area contributed by atoms with Gasteiger partial charge in [0.15, 0.2) is 0 Å². The number of aliphatic hydroxyl groups is 1. The van der Waals surface area contributed by atoms with E-state index in [1.165, 1.54) is 31.4 Å². The van der Waals surface area contributed by atoms with Crippen LogP contribution in [0.15, 0.2) is 36.4 Å². The van der Waals surface area contributed by atoms with Crippen LogP contribution in [0, 0.1) is 5.82 Å². The smallest absolute Gasteiger partial charge is 0.330 e. The molecule has 0 heterocycles. The van der Waals surface area contributed by atoms with E-state index in [-0.39, 0.29) is 5.56 Å². The molecule has 15 heavy (non-hydrogen) atoms. The fraction of sp³-hybridized carbons (Fsp3) is 0.182. The molecule has 0 aromatic heterocycles. The molecule has 0 bridgehead atoms. The summed E-state index contributed by atoms with van der Waals surface area (Å²) in [5.74, 6) is -1.11. The summed E-state index contributed by atoms with van der Waals surface area (Å²) in [5.41, 5.74) is 0.123. The predicted octanol–water partition coefficient (Wildman–Crippen LogP) is 1.59. The highest BCUT2D eigenvalue weighted by molar-refractivity contribution is 5.81. The summed E-state index contributed by atoms with van der Waals surface area (Å²) in [4.78, 5) is 10.7. The van der Waals surface area contributed by atoms with Gasteiger partial charge in [-0.1, -0.05) is 18.2 Å². The second kappa shape index (κ2) is 5.26. The molecule has 3 nitrogen and oxygen atoms in total. The summed E-state index contributed by atoms with van der Waals surface area (Å²) < 4.78 is 17.5. The number of hydrogen-bond donors (Lipinski definition) is 1. The van der Waals surface area contributed by atoms with Crippen molar-refractivity contribution in [3.05, 3.63) is 47.8 Å². The zero-order chi connectivity index (χ0) is 11.3. The van der Waals surface area contributed by atoms with Crippen molar-refractivity contribution in [2.75, 3.05) is 7.11 Å². The molecule has 1 aromatic carbocycles. The summed E-state index contributed by atoms with van der Waals surface area (Å²) in [6.45, 7) is 0. The van der Waals surface area contributed by atoms with E-state index >= 15 is 0 Å². The first-order valence-electron chi connectivity index (χ1n) is 4.34. The van der Waals surface area contributed by atoms with E-state index in [0.29, 0.717) is 0 Å². The Morgan fingerprint density at radius 1 is 1.53 bits per heavy atom. The molecule has 80 valence electrons. The van der Waals surface area contributed by atoms with E-state index in [2.05, 4.69) is 4.74 Å². The molecule has 4 heteroatoms. The zero-order valence-corrected chi connectivity index (χ0v) is 8.18. The molecule has 0 radical (unpaired) electrons. The van der Waals surface area contributed by atoms with Gasteiger partial charge >= 0.3 is 5.97 Å². The number of rotatable bonds is 3. The number of halogens is 1. The SMILES string of the molecule is COC(=O)/C=C/[C@@H](O)c1ccccc1F. The maximum absolute atomic E-state index is 13.1. The van der Waals surface area contributed by atoms with E-state index < -0.39 is 17.9 Å². The fourth-order valence-corrected chi connectivity index (χ4v) is 1.06. The molecule has 0 amide bonds. The largest absolute Gasteiger partial charge is 0.466 e. The van der Waals surface area contributed by atoms with Crippen molar-refractivity contribution in [1.29, 1.82) is 0 Å². The molecule has 0 aliphatic rings. The summed E-state index contributed by atoms with van der Waals surface area (Å²) in [5, 5.41) is 9.51. The minimum atomic E-state index is -1.15. The number of hydrogen-bond acceptors (Lipinski definition) is 3. The first-order valence-corrected chi connectivity index (χ1v) is 4.34. The molecule has 1 rings (SSSR count). The van der Waals surface area contributed by atoms with Crippen LogP contribution < -0.4 is 0 Å². The molecule has 0 saturated heterocycles. The van der Waals surface area contributed by atoms with Crippen molar-refractivity contribution in [2.24, 2.45) is 0 Å². The molecule has 0 aliphatic heterocycles. The Kier molecular flexibility index (Phi) is 4.00. The van der Waals surface area contributed by atoms with Crippen molar-refractivity contribution in [1.82, 2.24) is 0 Å². The van der Waals surface area contributed by atoms with E-state index in [9.17, 15) is 14.3 Å². The third-order valence-electron chi connectivity index (χ3n) is 1.84. The lowest BCUT2D eigenvalue weighted by Crippen LogP contribution is -1.99. The van der Waals surface area contributed by atoms with Crippen molar-refractivity contribution in [3.63, 3.8) is 0 Å². The number of aliphatic hydroxyl groups excluding tert-OH is 1. The van der Waals surface area contributed by atoms with Gasteiger partial charge < -0.3 is 9.84 Å². The number of carbonyl (C=O) groups is 1. The standard InChI is InChI=1S/C11H11FO3/c1-15-11(14)7-6-10(13)8-4-2-3-5-9(8)12/h2-7,10,13H,1H3/b7-6+/t10-/m1/s1. The van der Waals surface area contributed by atoms with Crippen LogP contribution in [0.25, 0.3) is 0 Å². The molecule has 0 aliphatic carbocycles. The minimum Gasteiger partial charge on any atom is -0.466 e. The highest BCUT2D eigenvalue weighted by Gasteiger charge is 2.08.